The molecule has 52 heavy (non-hydrogen) atoms. The highest BCUT2D eigenvalue weighted by molar-refractivity contribution is 5.84. The van der Waals surface area contributed by atoms with Gasteiger partial charge >= 0.3 is 0 Å². The number of hydrogen-bond donors (Lipinski definition) is 2. The first-order valence-corrected chi connectivity index (χ1v) is 17.5. The van der Waals surface area contributed by atoms with Gasteiger partial charge in [0.15, 0.2) is 46.0 Å². The maximum atomic E-state index is 5.84. The molecule has 4 aromatic carbocycles. The Labute approximate surface area is 306 Å². The molecule has 0 saturated heterocycles. The SMILES string of the molecule is C=C(c1cc(OC)c(OC)cc1CC1NCCc2cc(OC)c(OC)cc21)c1cc(OC)c(OC)cc1CC1NCCc2cc(OC)c(OC)cc21. The molecule has 0 aromatic heterocycles. The fourth-order valence-electron chi connectivity index (χ4n) is 7.63. The summed E-state index contributed by atoms with van der Waals surface area (Å²) in [5.41, 5.74) is 9.67. The van der Waals surface area contributed by atoms with E-state index in [9.17, 15) is 0 Å². The molecule has 2 atom stereocenters. The Hall–Kier alpha value is -5.06. The van der Waals surface area contributed by atoms with Crippen LogP contribution in [0, 0.1) is 0 Å². The number of hydrogen-bond acceptors (Lipinski definition) is 10. The second kappa shape index (κ2) is 16.1. The van der Waals surface area contributed by atoms with E-state index in [2.05, 4.69) is 47.0 Å². The molecule has 2 aliphatic rings. The van der Waals surface area contributed by atoms with Gasteiger partial charge in [-0.2, -0.15) is 0 Å². The Kier molecular flexibility index (Phi) is 11.4. The van der Waals surface area contributed by atoms with Crippen LogP contribution >= 0.6 is 0 Å². The Morgan fingerprint density at radius 3 is 1.13 bits per heavy atom. The van der Waals surface area contributed by atoms with E-state index in [0.717, 1.165) is 65.3 Å². The average molecular weight is 711 g/mol. The van der Waals surface area contributed by atoms with Gasteiger partial charge in [-0.3, -0.25) is 0 Å². The van der Waals surface area contributed by atoms with E-state index in [1.54, 1.807) is 56.9 Å². The van der Waals surface area contributed by atoms with Crippen LogP contribution in [0.1, 0.15) is 56.6 Å². The van der Waals surface area contributed by atoms with Gasteiger partial charge in [-0.15, -0.1) is 0 Å². The molecule has 0 fully saturated rings. The van der Waals surface area contributed by atoms with Gasteiger partial charge in [-0.1, -0.05) is 6.58 Å². The molecule has 0 saturated carbocycles. The summed E-state index contributed by atoms with van der Waals surface area (Å²) in [6.07, 6.45) is 3.12. The van der Waals surface area contributed by atoms with E-state index in [1.165, 1.54) is 22.3 Å². The van der Waals surface area contributed by atoms with Gasteiger partial charge in [-0.05, 0) is 137 Å². The van der Waals surface area contributed by atoms with Crippen LogP contribution in [0.3, 0.4) is 0 Å². The molecule has 10 heteroatoms. The standard InChI is InChI=1S/C42H50N2O8/c1-24(29-20-39(49-6)37(47-4)18-27(29)14-33-31-22-41(51-8)35(45-2)16-25(31)10-12-43-33)30-21-40(50-7)38(48-5)19-28(30)15-34-32-23-42(52-9)36(46-3)17-26(32)11-13-44-34/h16-23,33-34,43-44H,1,10-15H2,2-9H3. The third kappa shape index (κ3) is 7.05. The molecule has 2 aliphatic heterocycles. The second-order valence-corrected chi connectivity index (χ2v) is 12.9. The highest BCUT2D eigenvalue weighted by Gasteiger charge is 2.28. The van der Waals surface area contributed by atoms with Gasteiger partial charge in [-0.25, -0.2) is 0 Å². The summed E-state index contributed by atoms with van der Waals surface area (Å²) in [6, 6.07) is 16.6. The van der Waals surface area contributed by atoms with Gasteiger partial charge < -0.3 is 48.5 Å². The smallest absolute Gasteiger partial charge is 0.161 e. The first kappa shape index (κ1) is 36.7. The Bertz CT molecular complexity index is 1800. The van der Waals surface area contributed by atoms with Crippen LogP contribution < -0.4 is 48.5 Å². The van der Waals surface area contributed by atoms with Gasteiger partial charge in [0.05, 0.1) is 56.9 Å². The summed E-state index contributed by atoms with van der Waals surface area (Å²) < 4.78 is 46.0. The number of methoxy groups -OCH3 is 8. The number of nitrogens with one attached hydrogen (secondary N) is 2. The highest BCUT2D eigenvalue weighted by Crippen LogP contribution is 2.44. The summed E-state index contributed by atoms with van der Waals surface area (Å²) in [7, 11) is 13.3. The van der Waals surface area contributed by atoms with E-state index < -0.39 is 0 Å². The van der Waals surface area contributed by atoms with Crippen molar-refractivity contribution in [3.05, 3.63) is 99.6 Å². The van der Waals surface area contributed by atoms with Crippen molar-refractivity contribution in [3.8, 4) is 46.0 Å². The van der Waals surface area contributed by atoms with Crippen molar-refractivity contribution in [2.24, 2.45) is 0 Å². The Morgan fingerprint density at radius 2 is 0.788 bits per heavy atom. The maximum absolute atomic E-state index is 5.84. The summed E-state index contributed by atoms with van der Waals surface area (Å²) >= 11 is 0. The summed E-state index contributed by atoms with van der Waals surface area (Å²) in [5.74, 6) is 5.42. The van der Waals surface area contributed by atoms with Crippen LogP contribution in [-0.4, -0.2) is 70.0 Å². The third-order valence-corrected chi connectivity index (χ3v) is 10.3. The molecular formula is C42H50N2O8. The highest BCUT2D eigenvalue weighted by atomic mass is 16.5. The molecule has 2 unspecified atom stereocenters. The number of rotatable bonds is 14. The van der Waals surface area contributed by atoms with E-state index in [0.29, 0.717) is 47.3 Å². The number of benzene rings is 4. The monoisotopic (exact) mass is 710 g/mol. The predicted octanol–water partition coefficient (Wildman–Crippen LogP) is 6.68. The Balaban J connectivity index is 1.45. The molecule has 2 heterocycles. The zero-order valence-corrected chi connectivity index (χ0v) is 31.5. The molecular weight excluding hydrogens is 660 g/mol. The van der Waals surface area contributed by atoms with Gasteiger partial charge in [0, 0.05) is 12.1 Å². The van der Waals surface area contributed by atoms with Crippen molar-refractivity contribution < 1.29 is 37.9 Å². The van der Waals surface area contributed by atoms with Crippen LogP contribution in [0.2, 0.25) is 0 Å². The van der Waals surface area contributed by atoms with Crippen LogP contribution in [0.5, 0.6) is 46.0 Å². The molecule has 2 N–H and O–H groups in total. The minimum Gasteiger partial charge on any atom is -0.493 e. The molecule has 0 spiro atoms. The van der Waals surface area contributed by atoms with Crippen LogP contribution in [0.15, 0.2) is 55.1 Å². The summed E-state index contributed by atoms with van der Waals surface area (Å²) in [6.45, 7) is 6.42. The van der Waals surface area contributed by atoms with E-state index in [4.69, 9.17) is 44.5 Å². The van der Waals surface area contributed by atoms with Crippen LogP contribution in [0.4, 0.5) is 0 Å². The Morgan fingerprint density at radius 1 is 0.481 bits per heavy atom. The fourth-order valence-corrected chi connectivity index (χ4v) is 7.63. The van der Waals surface area contributed by atoms with Crippen molar-refractivity contribution in [2.45, 2.75) is 37.8 Å². The minimum atomic E-state index is 0.00740. The molecule has 276 valence electrons. The number of fused-ring (bicyclic) bond motifs is 2. The summed E-state index contributed by atoms with van der Waals surface area (Å²) in [5, 5.41) is 7.50. The molecule has 0 radical (unpaired) electrons. The lowest BCUT2D eigenvalue weighted by Crippen LogP contribution is -2.31. The van der Waals surface area contributed by atoms with Crippen molar-refractivity contribution in [1.82, 2.24) is 10.6 Å². The molecule has 6 rings (SSSR count). The largest absolute Gasteiger partial charge is 0.493 e. The quantitative estimate of drug-likeness (QED) is 0.148. The molecule has 0 bridgehead atoms. The molecule has 10 nitrogen and oxygen atoms in total. The van der Waals surface area contributed by atoms with E-state index in [-0.39, 0.29) is 12.1 Å². The zero-order valence-electron chi connectivity index (χ0n) is 31.5. The average Bonchev–Trinajstić information content (AvgIpc) is 3.19. The van der Waals surface area contributed by atoms with E-state index in [1.807, 2.05) is 12.1 Å². The van der Waals surface area contributed by atoms with Crippen LogP contribution in [0.25, 0.3) is 5.57 Å². The fraction of sp³-hybridized carbons (Fsp3) is 0.381. The zero-order chi connectivity index (χ0) is 36.9. The lowest BCUT2D eigenvalue weighted by molar-refractivity contribution is 0.351. The molecule has 0 amide bonds. The third-order valence-electron chi connectivity index (χ3n) is 10.3. The van der Waals surface area contributed by atoms with Crippen molar-refractivity contribution in [2.75, 3.05) is 70.0 Å². The topological polar surface area (TPSA) is 97.9 Å². The second-order valence-electron chi connectivity index (χ2n) is 12.9. The van der Waals surface area contributed by atoms with Crippen LogP contribution in [-0.2, 0) is 25.7 Å². The predicted molar refractivity (Wildman–Crippen MR) is 203 cm³/mol. The van der Waals surface area contributed by atoms with Gasteiger partial charge in [0.1, 0.15) is 0 Å². The molecule has 0 aliphatic carbocycles. The number of ether oxygens (including phenoxy) is 8. The van der Waals surface area contributed by atoms with Gasteiger partial charge in [0.25, 0.3) is 0 Å². The maximum Gasteiger partial charge on any atom is 0.161 e. The normalized spacial score (nSPS) is 16.2. The lowest BCUT2D eigenvalue weighted by atomic mass is 9.83. The van der Waals surface area contributed by atoms with E-state index >= 15 is 0 Å². The van der Waals surface area contributed by atoms with Crippen molar-refractivity contribution in [1.29, 1.82) is 0 Å². The minimum absolute atomic E-state index is 0.00740. The molecule has 4 aromatic rings. The van der Waals surface area contributed by atoms with Gasteiger partial charge in [0.2, 0.25) is 0 Å². The lowest BCUT2D eigenvalue weighted by Gasteiger charge is -2.30. The van der Waals surface area contributed by atoms with Crippen molar-refractivity contribution >= 4 is 5.57 Å². The first-order chi connectivity index (χ1) is 25.3. The first-order valence-electron chi connectivity index (χ1n) is 17.5. The summed E-state index contributed by atoms with van der Waals surface area (Å²) in [4.78, 5) is 0. The van der Waals surface area contributed by atoms with Crippen molar-refractivity contribution in [3.63, 3.8) is 0 Å².